The molecule has 0 spiro atoms. The summed E-state index contributed by atoms with van der Waals surface area (Å²) < 4.78 is 35.0. The van der Waals surface area contributed by atoms with Crippen LogP contribution in [-0.4, -0.2) is 34.7 Å². The summed E-state index contributed by atoms with van der Waals surface area (Å²) >= 11 is 0. The van der Waals surface area contributed by atoms with Gasteiger partial charge in [0.05, 0.1) is 5.25 Å². The molecule has 0 N–H and O–H groups in total. The van der Waals surface area contributed by atoms with E-state index in [0.717, 1.165) is 63.7 Å². The lowest BCUT2D eigenvalue weighted by molar-refractivity contribution is 0.252. The summed E-state index contributed by atoms with van der Waals surface area (Å²) in [6.07, 6.45) is 12.0. The number of sulfonamides is 1. The molecule has 3 aliphatic rings. The zero-order valence-electron chi connectivity index (χ0n) is 20.4. The molecule has 7 heteroatoms. The average molecular weight is 486 g/mol. The lowest BCUT2D eigenvalue weighted by Crippen LogP contribution is -2.40. The highest BCUT2D eigenvalue weighted by molar-refractivity contribution is 7.89. The molecule has 6 nitrogen and oxygen atoms in total. The predicted octanol–water partition coefficient (Wildman–Crippen LogP) is 5.71. The highest BCUT2D eigenvalue weighted by Crippen LogP contribution is 2.44. The average Bonchev–Trinajstić information content (AvgIpc) is 3.45. The molecule has 2 aliphatic carbocycles. The SMILES string of the molecule is CC1CCC(S(=O)(=O)N2CC(CC3CCC3)CC2c2nc(CCCc3ccccc3)no2)CC1. The van der Waals surface area contributed by atoms with E-state index in [-0.39, 0.29) is 11.3 Å². The van der Waals surface area contributed by atoms with E-state index >= 15 is 0 Å². The third-order valence-corrected chi connectivity index (χ3v) is 10.8. The lowest BCUT2D eigenvalue weighted by Gasteiger charge is -2.31. The molecule has 1 aromatic heterocycles. The molecule has 2 heterocycles. The van der Waals surface area contributed by atoms with Gasteiger partial charge in [-0.25, -0.2) is 8.42 Å². The van der Waals surface area contributed by atoms with E-state index < -0.39 is 10.0 Å². The van der Waals surface area contributed by atoms with Crippen molar-refractivity contribution in [2.45, 2.75) is 95.3 Å². The first-order valence-corrected chi connectivity index (χ1v) is 14.9. The summed E-state index contributed by atoms with van der Waals surface area (Å²) in [6.45, 7) is 2.84. The number of aryl methyl sites for hydroxylation is 2. The second-order valence-electron chi connectivity index (χ2n) is 11.0. The van der Waals surface area contributed by atoms with Gasteiger partial charge in [-0.3, -0.25) is 0 Å². The van der Waals surface area contributed by atoms with E-state index in [1.807, 2.05) is 6.07 Å². The summed E-state index contributed by atoms with van der Waals surface area (Å²) in [5, 5.41) is 3.97. The molecule has 2 aromatic rings. The normalized spacial score (nSPS) is 28.7. The van der Waals surface area contributed by atoms with Crippen molar-refractivity contribution >= 4 is 10.0 Å². The molecule has 5 rings (SSSR count). The van der Waals surface area contributed by atoms with Crippen molar-refractivity contribution in [2.75, 3.05) is 6.54 Å². The van der Waals surface area contributed by atoms with Crippen LogP contribution in [0.3, 0.4) is 0 Å². The van der Waals surface area contributed by atoms with Crippen LogP contribution in [0.4, 0.5) is 0 Å². The minimum absolute atomic E-state index is 0.262. The van der Waals surface area contributed by atoms with Crippen LogP contribution in [0.2, 0.25) is 0 Å². The first kappa shape index (κ1) is 24.0. The topological polar surface area (TPSA) is 76.3 Å². The van der Waals surface area contributed by atoms with Crippen LogP contribution in [0.1, 0.15) is 94.5 Å². The monoisotopic (exact) mass is 485 g/mol. The molecular formula is C27H39N3O3S. The zero-order valence-corrected chi connectivity index (χ0v) is 21.3. The van der Waals surface area contributed by atoms with Crippen molar-refractivity contribution < 1.29 is 12.9 Å². The molecule has 34 heavy (non-hydrogen) atoms. The van der Waals surface area contributed by atoms with E-state index in [4.69, 9.17) is 9.51 Å². The van der Waals surface area contributed by atoms with Gasteiger partial charge >= 0.3 is 0 Å². The Labute approximate surface area is 204 Å². The number of hydrogen-bond donors (Lipinski definition) is 0. The molecule has 186 valence electrons. The van der Waals surface area contributed by atoms with Crippen LogP contribution >= 0.6 is 0 Å². The molecule has 0 bridgehead atoms. The maximum absolute atomic E-state index is 13.8. The van der Waals surface area contributed by atoms with E-state index in [1.54, 1.807) is 4.31 Å². The molecule has 3 fully saturated rings. The fourth-order valence-corrected chi connectivity index (χ4v) is 8.28. The summed E-state index contributed by atoms with van der Waals surface area (Å²) in [5.41, 5.74) is 1.31. The Morgan fingerprint density at radius 1 is 1.00 bits per heavy atom. The Bertz CT molecular complexity index is 1030. The number of rotatable bonds is 9. The van der Waals surface area contributed by atoms with Crippen LogP contribution in [0, 0.1) is 17.8 Å². The molecule has 0 radical (unpaired) electrons. The van der Waals surface area contributed by atoms with Gasteiger partial charge < -0.3 is 4.52 Å². The van der Waals surface area contributed by atoms with E-state index in [2.05, 4.69) is 36.3 Å². The van der Waals surface area contributed by atoms with Crippen molar-refractivity contribution in [3.8, 4) is 0 Å². The van der Waals surface area contributed by atoms with Crippen LogP contribution in [0.15, 0.2) is 34.9 Å². The fraction of sp³-hybridized carbons (Fsp3) is 0.704. The van der Waals surface area contributed by atoms with Gasteiger partial charge in [0, 0.05) is 13.0 Å². The maximum atomic E-state index is 13.8. The van der Waals surface area contributed by atoms with Gasteiger partial charge in [0.2, 0.25) is 15.9 Å². The third-order valence-electron chi connectivity index (χ3n) is 8.42. The molecule has 2 atom stereocenters. The van der Waals surface area contributed by atoms with Gasteiger partial charge in [0.25, 0.3) is 0 Å². The Morgan fingerprint density at radius 3 is 2.47 bits per heavy atom. The van der Waals surface area contributed by atoms with Crippen LogP contribution < -0.4 is 0 Å². The molecule has 0 amide bonds. The van der Waals surface area contributed by atoms with Gasteiger partial charge in [0.1, 0.15) is 6.04 Å². The van der Waals surface area contributed by atoms with Gasteiger partial charge in [-0.1, -0.05) is 61.7 Å². The minimum Gasteiger partial charge on any atom is -0.338 e. The lowest BCUT2D eigenvalue weighted by atomic mass is 9.78. The van der Waals surface area contributed by atoms with Gasteiger partial charge in [0.15, 0.2) is 5.82 Å². The number of benzene rings is 1. The molecule has 1 aliphatic heterocycles. The summed E-state index contributed by atoms with van der Waals surface area (Å²) in [6, 6.07) is 10.1. The Hall–Kier alpha value is -1.73. The molecule has 2 saturated carbocycles. The fourth-order valence-electron chi connectivity index (χ4n) is 6.08. The van der Waals surface area contributed by atoms with E-state index in [9.17, 15) is 8.42 Å². The molecule has 2 unspecified atom stereocenters. The smallest absolute Gasteiger partial charge is 0.245 e. The van der Waals surface area contributed by atoms with Gasteiger partial charge in [-0.05, 0) is 74.7 Å². The highest BCUT2D eigenvalue weighted by Gasteiger charge is 2.46. The number of hydrogen-bond acceptors (Lipinski definition) is 5. The largest absolute Gasteiger partial charge is 0.338 e. The molecule has 1 saturated heterocycles. The van der Waals surface area contributed by atoms with Gasteiger partial charge in [-0.2, -0.15) is 9.29 Å². The van der Waals surface area contributed by atoms with E-state index in [0.29, 0.717) is 30.1 Å². The first-order chi connectivity index (χ1) is 16.5. The standard InChI is InChI=1S/C27H39N3O3S/c1-20-13-15-24(16-14-20)34(31,32)30-19-23(17-22-10-5-11-22)18-25(30)27-28-26(29-33-27)12-6-9-21-7-3-2-4-8-21/h2-4,7-8,20,22-25H,5-6,9-19H2,1H3. The summed E-state index contributed by atoms with van der Waals surface area (Å²) in [4.78, 5) is 4.71. The van der Waals surface area contributed by atoms with Crippen molar-refractivity contribution in [1.29, 1.82) is 0 Å². The van der Waals surface area contributed by atoms with Crippen molar-refractivity contribution in [3.63, 3.8) is 0 Å². The summed E-state index contributed by atoms with van der Waals surface area (Å²) in [7, 11) is -3.38. The second-order valence-corrected chi connectivity index (χ2v) is 13.2. The first-order valence-electron chi connectivity index (χ1n) is 13.4. The highest BCUT2D eigenvalue weighted by atomic mass is 32.2. The molecular weight excluding hydrogens is 446 g/mol. The second kappa shape index (κ2) is 10.5. The van der Waals surface area contributed by atoms with Crippen molar-refractivity contribution in [3.05, 3.63) is 47.6 Å². The Kier molecular flexibility index (Phi) is 7.40. The number of aromatic nitrogens is 2. The minimum atomic E-state index is -3.38. The maximum Gasteiger partial charge on any atom is 0.245 e. The van der Waals surface area contributed by atoms with Gasteiger partial charge in [-0.15, -0.1) is 0 Å². The van der Waals surface area contributed by atoms with Crippen LogP contribution in [0.5, 0.6) is 0 Å². The van der Waals surface area contributed by atoms with Crippen molar-refractivity contribution in [1.82, 2.24) is 14.4 Å². The Morgan fingerprint density at radius 2 is 1.76 bits per heavy atom. The molecule has 1 aromatic carbocycles. The van der Waals surface area contributed by atoms with Crippen LogP contribution in [-0.2, 0) is 22.9 Å². The third kappa shape index (κ3) is 5.40. The van der Waals surface area contributed by atoms with Crippen molar-refractivity contribution in [2.24, 2.45) is 17.8 Å². The predicted molar refractivity (Wildman–Crippen MR) is 133 cm³/mol. The zero-order chi connectivity index (χ0) is 23.5. The summed E-state index contributed by atoms with van der Waals surface area (Å²) in [5.74, 6) is 2.97. The van der Waals surface area contributed by atoms with E-state index in [1.165, 1.54) is 24.8 Å². The number of nitrogens with zero attached hydrogens (tertiary/aromatic N) is 3. The quantitative estimate of drug-likeness (QED) is 0.455. The Balaban J connectivity index is 1.28. The van der Waals surface area contributed by atoms with Crippen LogP contribution in [0.25, 0.3) is 0 Å².